The highest BCUT2D eigenvalue weighted by Gasteiger charge is 2.53. The number of ether oxygens (including phenoxy) is 2. The third kappa shape index (κ3) is 7.41. The third-order valence-electron chi connectivity index (χ3n) is 13.1. The molecule has 54 heavy (non-hydrogen) atoms. The van der Waals surface area contributed by atoms with Crippen LogP contribution < -0.4 is 10.2 Å². The molecule has 294 valence electrons. The van der Waals surface area contributed by atoms with Gasteiger partial charge in [-0.05, 0) is 112 Å². The minimum atomic E-state index is -3.48. The van der Waals surface area contributed by atoms with Crippen LogP contribution in [0.15, 0.2) is 65.8 Å². The SMILES string of the molecule is CCc1nccn1C[C@@](c1cccc(F)c1)(C1CCN(CC2(OC)CN(c3ccc(S(=O)(=O)[C@H]4C[C@@](C)(O)C4)cc3)C2)CC1)[C@H]1CCC[C@@H]1NC(=O)OC. The predicted molar refractivity (Wildman–Crippen MR) is 205 cm³/mol. The number of nitrogens with one attached hydrogen (secondary N) is 1. The molecule has 0 bridgehead atoms. The van der Waals surface area contributed by atoms with Crippen molar-refractivity contribution in [3.63, 3.8) is 0 Å². The number of benzene rings is 2. The van der Waals surface area contributed by atoms with E-state index in [0.29, 0.717) is 24.5 Å². The number of amides is 1. The van der Waals surface area contributed by atoms with E-state index in [-0.39, 0.29) is 42.1 Å². The molecule has 3 aromatic rings. The summed E-state index contributed by atoms with van der Waals surface area (Å²) in [5.74, 6) is 1.01. The Hall–Kier alpha value is -3.52. The fourth-order valence-electron chi connectivity index (χ4n) is 10.2. The highest BCUT2D eigenvalue weighted by atomic mass is 32.2. The molecule has 3 atom stereocenters. The molecule has 0 radical (unpaired) electrons. The molecule has 1 amide bonds. The summed E-state index contributed by atoms with van der Waals surface area (Å²) in [5, 5.41) is 12.7. The van der Waals surface area contributed by atoms with Gasteiger partial charge in [-0.3, -0.25) is 0 Å². The zero-order chi connectivity index (χ0) is 38.3. The lowest BCUT2D eigenvalue weighted by Gasteiger charge is -2.54. The van der Waals surface area contributed by atoms with E-state index in [9.17, 15) is 18.3 Å². The van der Waals surface area contributed by atoms with Gasteiger partial charge in [0.1, 0.15) is 17.2 Å². The van der Waals surface area contributed by atoms with Crippen molar-refractivity contribution in [2.75, 3.05) is 51.8 Å². The van der Waals surface area contributed by atoms with Crippen molar-refractivity contribution in [1.82, 2.24) is 19.8 Å². The molecule has 2 N–H and O–H groups in total. The summed E-state index contributed by atoms with van der Waals surface area (Å²) in [7, 11) is -0.309. The Labute approximate surface area is 319 Å². The van der Waals surface area contributed by atoms with Crippen LogP contribution in [0.1, 0.15) is 70.2 Å². The Balaban J connectivity index is 1.08. The van der Waals surface area contributed by atoms with Crippen molar-refractivity contribution in [3.8, 4) is 0 Å². The van der Waals surface area contributed by atoms with Gasteiger partial charge in [0.05, 0.1) is 35.9 Å². The van der Waals surface area contributed by atoms with Crippen molar-refractivity contribution in [2.24, 2.45) is 11.8 Å². The Kier molecular flexibility index (Phi) is 10.9. The van der Waals surface area contributed by atoms with Crippen molar-refractivity contribution < 1.29 is 32.2 Å². The summed E-state index contributed by atoms with van der Waals surface area (Å²) in [4.78, 5) is 22.3. The van der Waals surface area contributed by atoms with Crippen LogP contribution >= 0.6 is 0 Å². The smallest absolute Gasteiger partial charge is 0.407 e. The van der Waals surface area contributed by atoms with Gasteiger partial charge in [0.25, 0.3) is 0 Å². The van der Waals surface area contributed by atoms with Crippen molar-refractivity contribution in [2.45, 2.75) is 105 Å². The highest BCUT2D eigenvalue weighted by Crippen LogP contribution is 2.52. The maximum atomic E-state index is 15.2. The molecule has 11 nitrogen and oxygen atoms in total. The zero-order valence-electron chi connectivity index (χ0n) is 32.0. The maximum absolute atomic E-state index is 15.2. The van der Waals surface area contributed by atoms with Gasteiger partial charge in [0.15, 0.2) is 9.84 Å². The third-order valence-corrected chi connectivity index (χ3v) is 15.2. The lowest BCUT2D eigenvalue weighted by Crippen LogP contribution is -2.68. The number of hydrogen-bond donors (Lipinski definition) is 2. The lowest BCUT2D eigenvalue weighted by molar-refractivity contribution is -0.0647. The number of piperidine rings is 1. The number of imidazole rings is 1. The average Bonchev–Trinajstić information content (AvgIpc) is 3.80. The maximum Gasteiger partial charge on any atom is 0.407 e. The number of carbonyl (C=O) groups is 1. The fourth-order valence-corrected chi connectivity index (χ4v) is 12.3. The molecule has 7 rings (SSSR count). The summed E-state index contributed by atoms with van der Waals surface area (Å²) < 4.78 is 54.9. The zero-order valence-corrected chi connectivity index (χ0v) is 32.9. The van der Waals surface area contributed by atoms with E-state index in [4.69, 9.17) is 9.47 Å². The van der Waals surface area contributed by atoms with Crippen molar-refractivity contribution in [3.05, 3.63) is 78.1 Å². The molecule has 4 fully saturated rings. The summed E-state index contributed by atoms with van der Waals surface area (Å²) in [6, 6.07) is 14.1. The highest BCUT2D eigenvalue weighted by molar-refractivity contribution is 7.92. The number of aliphatic hydroxyl groups is 1. The molecule has 3 heterocycles. The van der Waals surface area contributed by atoms with Gasteiger partial charge in [-0.2, -0.15) is 0 Å². The van der Waals surface area contributed by atoms with Crippen LogP contribution in [-0.2, 0) is 37.7 Å². The molecule has 2 saturated carbocycles. The number of nitrogens with zero attached hydrogens (tertiary/aromatic N) is 4. The van der Waals surface area contributed by atoms with Gasteiger partial charge in [-0.15, -0.1) is 0 Å². The topological polar surface area (TPSA) is 126 Å². The number of sulfone groups is 1. The minimum Gasteiger partial charge on any atom is -0.453 e. The van der Waals surface area contributed by atoms with Gasteiger partial charge in [-0.25, -0.2) is 22.6 Å². The number of halogens is 1. The largest absolute Gasteiger partial charge is 0.453 e. The van der Waals surface area contributed by atoms with E-state index >= 15 is 4.39 Å². The minimum absolute atomic E-state index is 0.0672. The molecule has 0 unspecified atom stereocenters. The first-order chi connectivity index (χ1) is 25.8. The number of likely N-dealkylation sites (tertiary alicyclic amines) is 1. The molecular formula is C41H56FN5O6S. The summed E-state index contributed by atoms with van der Waals surface area (Å²) >= 11 is 0. The molecule has 2 aromatic carbocycles. The fraction of sp³-hybridized carbons (Fsp3) is 0.610. The normalized spacial score (nSPS) is 27.1. The number of aryl methyl sites for hydroxylation is 1. The average molecular weight is 766 g/mol. The van der Waals surface area contributed by atoms with Crippen LogP contribution in [0.25, 0.3) is 0 Å². The summed E-state index contributed by atoms with van der Waals surface area (Å²) in [5.41, 5.74) is 0.200. The van der Waals surface area contributed by atoms with E-state index in [1.807, 2.05) is 30.6 Å². The Bertz CT molecular complexity index is 1880. The number of hydrogen-bond acceptors (Lipinski definition) is 9. The van der Waals surface area contributed by atoms with Crippen LogP contribution in [0.4, 0.5) is 14.9 Å². The first-order valence-corrected chi connectivity index (χ1v) is 21.1. The lowest BCUT2D eigenvalue weighted by atomic mass is 9.58. The van der Waals surface area contributed by atoms with Crippen molar-refractivity contribution in [1.29, 1.82) is 0 Å². The van der Waals surface area contributed by atoms with E-state index < -0.39 is 32.2 Å². The quantitative estimate of drug-likeness (QED) is 0.237. The number of alkyl carbamates (subject to hydrolysis) is 1. The number of anilines is 1. The van der Waals surface area contributed by atoms with Gasteiger partial charge >= 0.3 is 6.09 Å². The first kappa shape index (κ1) is 38.7. The molecule has 13 heteroatoms. The second-order valence-corrected chi connectivity index (χ2v) is 18.7. The van der Waals surface area contributed by atoms with Crippen LogP contribution in [0.3, 0.4) is 0 Å². The Morgan fingerprint density at radius 2 is 1.80 bits per heavy atom. The molecule has 1 aromatic heterocycles. The van der Waals surface area contributed by atoms with E-state index in [0.717, 1.165) is 75.2 Å². The molecular weight excluding hydrogens is 710 g/mol. The Morgan fingerprint density at radius 3 is 2.43 bits per heavy atom. The van der Waals surface area contributed by atoms with E-state index in [2.05, 4.69) is 37.7 Å². The van der Waals surface area contributed by atoms with Gasteiger partial charge < -0.3 is 34.3 Å². The van der Waals surface area contributed by atoms with Gasteiger partial charge in [0, 0.05) is 56.2 Å². The first-order valence-electron chi connectivity index (χ1n) is 19.5. The predicted octanol–water partition coefficient (Wildman–Crippen LogP) is 5.35. The molecule has 2 saturated heterocycles. The van der Waals surface area contributed by atoms with Crippen LogP contribution in [0.2, 0.25) is 0 Å². The van der Waals surface area contributed by atoms with E-state index in [1.54, 1.807) is 32.2 Å². The number of rotatable bonds is 13. The standard InChI is InChI=1S/C41H56FN5O6S/c1-5-37-43-18-21-46(37)28-41(30-8-6-9-31(42)22-30,35-10-7-11-36(35)44-38(48)52-3)29-16-19-45(20-17-29)25-40(53-4)26-47(27-40)32-12-14-33(15-13-32)54(50,51)34-23-39(2,49)24-34/h6,8-9,12-15,18,21-22,29,34-36,49H,5,7,10-11,16-17,19-20,23-28H2,1-4H3,(H,44,48)/t34-,35-,36-,39+,41-/m0/s1. The molecule has 2 aliphatic heterocycles. The second-order valence-electron chi connectivity index (χ2n) is 16.5. The number of aromatic nitrogens is 2. The Morgan fingerprint density at radius 1 is 1.07 bits per heavy atom. The van der Waals surface area contributed by atoms with Crippen LogP contribution in [0, 0.1) is 17.7 Å². The number of carbonyl (C=O) groups excluding carboxylic acids is 1. The van der Waals surface area contributed by atoms with Gasteiger partial charge in [-0.1, -0.05) is 25.5 Å². The molecule has 2 aliphatic carbocycles. The second kappa shape index (κ2) is 15.2. The van der Waals surface area contributed by atoms with E-state index in [1.165, 1.54) is 13.2 Å². The molecule has 4 aliphatic rings. The molecule has 0 spiro atoms. The van der Waals surface area contributed by atoms with Crippen molar-refractivity contribution >= 4 is 21.6 Å². The van der Waals surface area contributed by atoms with Crippen LogP contribution in [0.5, 0.6) is 0 Å². The summed E-state index contributed by atoms with van der Waals surface area (Å²) in [6.45, 7) is 8.31. The van der Waals surface area contributed by atoms with Gasteiger partial charge in [0.2, 0.25) is 0 Å². The summed E-state index contributed by atoms with van der Waals surface area (Å²) in [6.07, 6.45) is 9.30. The monoisotopic (exact) mass is 765 g/mol. The van der Waals surface area contributed by atoms with Crippen LogP contribution in [-0.4, -0.2) is 104 Å². The number of methoxy groups -OCH3 is 2.